The van der Waals surface area contributed by atoms with Crippen LogP contribution in [-0.2, 0) is 0 Å². The van der Waals surface area contributed by atoms with E-state index in [0.717, 1.165) is 43.8 Å². The van der Waals surface area contributed by atoms with Gasteiger partial charge in [0.1, 0.15) is 5.75 Å². The van der Waals surface area contributed by atoms with Crippen LogP contribution in [0.4, 0.5) is 21.9 Å². The maximum absolute atomic E-state index is 12.9. The molecule has 3 N–H and O–H groups in total. The summed E-state index contributed by atoms with van der Waals surface area (Å²) in [6.45, 7) is 8.41. The zero-order valence-corrected chi connectivity index (χ0v) is 18.5. The summed E-state index contributed by atoms with van der Waals surface area (Å²) in [7, 11) is 0. The molecule has 3 rings (SSSR count). The smallest absolute Gasteiger partial charge is 0.323 e. The molecule has 1 heterocycles. The lowest BCUT2D eigenvalue weighted by Crippen LogP contribution is -2.33. The van der Waals surface area contributed by atoms with Gasteiger partial charge in [-0.15, -0.1) is 0 Å². The number of anilines is 3. The van der Waals surface area contributed by atoms with Crippen LogP contribution in [0, 0.1) is 0 Å². The molecular weight excluding hydrogens is 392 g/mol. The number of amides is 3. The van der Waals surface area contributed by atoms with Gasteiger partial charge < -0.3 is 25.6 Å². The third-order valence-electron chi connectivity index (χ3n) is 5.36. The second-order valence-electron chi connectivity index (χ2n) is 7.75. The minimum atomic E-state index is -0.369. The summed E-state index contributed by atoms with van der Waals surface area (Å²) < 4.78 is 5.42. The van der Waals surface area contributed by atoms with E-state index in [2.05, 4.69) is 20.9 Å². The molecule has 0 saturated carbocycles. The molecule has 2 aromatic rings. The van der Waals surface area contributed by atoms with Gasteiger partial charge in [0.15, 0.2) is 0 Å². The highest BCUT2D eigenvalue weighted by Gasteiger charge is 2.21. The van der Waals surface area contributed by atoms with E-state index in [-0.39, 0.29) is 18.0 Å². The molecule has 0 bridgehead atoms. The monoisotopic (exact) mass is 424 g/mol. The summed E-state index contributed by atoms with van der Waals surface area (Å²) in [5.41, 5.74) is 2.72. The zero-order chi connectivity index (χ0) is 22.2. The molecule has 7 nitrogen and oxygen atoms in total. The van der Waals surface area contributed by atoms with E-state index in [1.807, 2.05) is 32.9 Å². The maximum atomic E-state index is 12.9. The second-order valence-corrected chi connectivity index (χ2v) is 7.75. The number of nitrogens with one attached hydrogen (secondary N) is 3. The molecule has 1 saturated heterocycles. The average Bonchev–Trinajstić information content (AvgIpc) is 3.30. The third kappa shape index (κ3) is 6.13. The van der Waals surface area contributed by atoms with Crippen molar-refractivity contribution in [3.63, 3.8) is 0 Å². The minimum absolute atomic E-state index is 0.0819. The fourth-order valence-corrected chi connectivity index (χ4v) is 3.53. The van der Waals surface area contributed by atoms with Crippen LogP contribution in [0.3, 0.4) is 0 Å². The lowest BCUT2D eigenvalue weighted by atomic mass is 10.1. The van der Waals surface area contributed by atoms with E-state index < -0.39 is 0 Å². The third-order valence-corrected chi connectivity index (χ3v) is 5.36. The molecule has 2 aromatic carbocycles. The van der Waals surface area contributed by atoms with Crippen LogP contribution >= 0.6 is 0 Å². The van der Waals surface area contributed by atoms with E-state index in [4.69, 9.17) is 4.74 Å². The van der Waals surface area contributed by atoms with Crippen LogP contribution in [0.1, 0.15) is 50.4 Å². The Morgan fingerprint density at radius 1 is 1.00 bits per heavy atom. The number of urea groups is 1. The van der Waals surface area contributed by atoms with Gasteiger partial charge in [-0.2, -0.15) is 0 Å². The van der Waals surface area contributed by atoms with Crippen LogP contribution in [0.25, 0.3) is 0 Å². The maximum Gasteiger partial charge on any atom is 0.323 e. The SMILES string of the molecule is CCOc1ccc(NC(=O)Nc2ccc(N3CCCC3)c(C(=O)N[C@@H](C)CC)c2)cc1. The Balaban J connectivity index is 1.73. The lowest BCUT2D eigenvalue weighted by Gasteiger charge is -2.23. The second kappa shape index (κ2) is 10.7. The first-order valence-electron chi connectivity index (χ1n) is 11.0. The van der Waals surface area contributed by atoms with Crippen molar-refractivity contribution >= 4 is 29.0 Å². The predicted molar refractivity (Wildman–Crippen MR) is 125 cm³/mol. The highest BCUT2D eigenvalue weighted by atomic mass is 16.5. The summed E-state index contributed by atoms with van der Waals surface area (Å²) >= 11 is 0. The highest BCUT2D eigenvalue weighted by Crippen LogP contribution is 2.28. The fourth-order valence-electron chi connectivity index (χ4n) is 3.53. The van der Waals surface area contributed by atoms with Crippen molar-refractivity contribution in [3.05, 3.63) is 48.0 Å². The Bertz CT molecular complexity index is 892. The van der Waals surface area contributed by atoms with Gasteiger partial charge in [0, 0.05) is 36.2 Å². The molecule has 166 valence electrons. The van der Waals surface area contributed by atoms with Crippen molar-refractivity contribution in [2.75, 3.05) is 35.2 Å². The number of carbonyl (C=O) groups excluding carboxylic acids is 2. The number of nitrogens with zero attached hydrogens (tertiary/aromatic N) is 1. The molecule has 7 heteroatoms. The first-order valence-corrected chi connectivity index (χ1v) is 11.0. The van der Waals surface area contributed by atoms with Crippen LogP contribution in [0.5, 0.6) is 5.75 Å². The molecular formula is C24H32N4O3. The van der Waals surface area contributed by atoms with Crippen LogP contribution in [0.15, 0.2) is 42.5 Å². The van der Waals surface area contributed by atoms with Gasteiger partial charge in [0.05, 0.1) is 12.2 Å². The molecule has 1 fully saturated rings. The Hall–Kier alpha value is -3.22. The molecule has 0 radical (unpaired) electrons. The van der Waals surface area contributed by atoms with Crippen molar-refractivity contribution in [3.8, 4) is 5.75 Å². The minimum Gasteiger partial charge on any atom is -0.494 e. The molecule has 1 atom stereocenters. The summed E-state index contributed by atoms with van der Waals surface area (Å²) in [6, 6.07) is 12.4. The number of hydrogen-bond acceptors (Lipinski definition) is 4. The Morgan fingerprint density at radius 3 is 2.29 bits per heavy atom. The van der Waals surface area contributed by atoms with Crippen molar-refractivity contribution in [1.29, 1.82) is 0 Å². The quantitative estimate of drug-likeness (QED) is 0.565. The molecule has 1 aliphatic heterocycles. The molecule has 1 aliphatic rings. The standard InChI is InChI=1S/C24H32N4O3/c1-4-17(3)25-23(29)21-16-19(10-13-22(21)28-14-6-7-15-28)27-24(30)26-18-8-11-20(12-9-18)31-5-2/h8-13,16-17H,4-7,14-15H2,1-3H3,(H,25,29)(H2,26,27,30)/t17-/m0/s1. The normalized spacial score (nSPS) is 14.1. The van der Waals surface area contributed by atoms with Gasteiger partial charge in [0.25, 0.3) is 5.91 Å². The number of carbonyl (C=O) groups is 2. The molecule has 0 aromatic heterocycles. The number of benzene rings is 2. The number of hydrogen-bond donors (Lipinski definition) is 3. The van der Waals surface area contributed by atoms with Gasteiger partial charge in [-0.3, -0.25) is 4.79 Å². The molecule has 0 spiro atoms. The van der Waals surface area contributed by atoms with E-state index in [1.165, 1.54) is 0 Å². The van der Waals surface area contributed by atoms with Gasteiger partial charge in [-0.05, 0) is 75.6 Å². The zero-order valence-electron chi connectivity index (χ0n) is 18.5. The van der Waals surface area contributed by atoms with Gasteiger partial charge in [-0.1, -0.05) is 6.92 Å². The van der Waals surface area contributed by atoms with E-state index >= 15 is 0 Å². The van der Waals surface area contributed by atoms with Crippen molar-refractivity contribution < 1.29 is 14.3 Å². The van der Waals surface area contributed by atoms with Crippen LogP contribution < -0.4 is 25.6 Å². The Morgan fingerprint density at radius 2 is 1.65 bits per heavy atom. The fraction of sp³-hybridized carbons (Fsp3) is 0.417. The van der Waals surface area contributed by atoms with Crippen molar-refractivity contribution in [2.24, 2.45) is 0 Å². The molecule has 31 heavy (non-hydrogen) atoms. The first kappa shape index (κ1) is 22.5. The van der Waals surface area contributed by atoms with Crippen molar-refractivity contribution in [2.45, 2.75) is 46.1 Å². The predicted octanol–water partition coefficient (Wildman–Crippen LogP) is 4.86. The van der Waals surface area contributed by atoms with Crippen LogP contribution in [-0.4, -0.2) is 37.7 Å². The van der Waals surface area contributed by atoms with Gasteiger partial charge in [0.2, 0.25) is 0 Å². The Labute approximate surface area is 184 Å². The summed E-state index contributed by atoms with van der Waals surface area (Å²) in [4.78, 5) is 27.6. The largest absolute Gasteiger partial charge is 0.494 e. The summed E-state index contributed by atoms with van der Waals surface area (Å²) in [5, 5.41) is 8.67. The van der Waals surface area contributed by atoms with E-state index in [1.54, 1.807) is 30.3 Å². The topological polar surface area (TPSA) is 82.7 Å². The van der Waals surface area contributed by atoms with Gasteiger partial charge in [-0.25, -0.2) is 4.79 Å². The van der Waals surface area contributed by atoms with Gasteiger partial charge >= 0.3 is 6.03 Å². The van der Waals surface area contributed by atoms with E-state index in [0.29, 0.717) is 23.5 Å². The Kier molecular flexibility index (Phi) is 7.76. The van der Waals surface area contributed by atoms with E-state index in [9.17, 15) is 9.59 Å². The summed E-state index contributed by atoms with van der Waals surface area (Å²) in [6.07, 6.45) is 3.10. The molecule has 3 amide bonds. The summed E-state index contributed by atoms with van der Waals surface area (Å²) in [5.74, 6) is 0.634. The highest BCUT2D eigenvalue weighted by molar-refractivity contribution is 6.04. The van der Waals surface area contributed by atoms with Crippen LogP contribution in [0.2, 0.25) is 0 Å². The lowest BCUT2D eigenvalue weighted by molar-refractivity contribution is 0.0939. The first-order chi connectivity index (χ1) is 15.0. The number of rotatable bonds is 8. The average molecular weight is 425 g/mol. The van der Waals surface area contributed by atoms with Crippen molar-refractivity contribution in [1.82, 2.24) is 5.32 Å². The molecule has 0 aliphatic carbocycles. The number of ether oxygens (including phenoxy) is 1. The molecule has 0 unspecified atom stereocenters.